The van der Waals surface area contributed by atoms with Gasteiger partial charge in [-0.05, 0) is 30.3 Å². The lowest BCUT2D eigenvalue weighted by atomic mass is 10.1. The van der Waals surface area contributed by atoms with Gasteiger partial charge in [0.05, 0.1) is 22.0 Å². The lowest BCUT2D eigenvalue weighted by Gasteiger charge is -2.11. The van der Waals surface area contributed by atoms with Crippen LogP contribution in [0.2, 0.25) is 0 Å². The minimum Gasteiger partial charge on any atom is -0.351 e. The van der Waals surface area contributed by atoms with Crippen molar-refractivity contribution in [1.82, 2.24) is 4.98 Å². The number of benzene rings is 3. The van der Waals surface area contributed by atoms with Crippen molar-refractivity contribution in [3.05, 3.63) is 90.1 Å². The minimum absolute atomic E-state index is 0.0217. The van der Waals surface area contributed by atoms with E-state index in [2.05, 4.69) is 20.0 Å². The zero-order chi connectivity index (χ0) is 21.4. The number of rotatable bonds is 4. The van der Waals surface area contributed by atoms with Crippen LogP contribution in [0.3, 0.4) is 0 Å². The fraction of sp³-hybridized carbons (Fsp3) is 0.0435. The Balaban J connectivity index is 1.57. The zero-order valence-corrected chi connectivity index (χ0v) is 17.1. The average molecular weight is 430 g/mol. The summed E-state index contributed by atoms with van der Waals surface area (Å²) in [7, 11) is -3.72. The maximum absolute atomic E-state index is 12.7. The molecule has 3 N–H and O–H groups in total. The van der Waals surface area contributed by atoms with Crippen LogP contribution in [-0.2, 0) is 14.8 Å². The molecule has 0 aliphatic carbocycles. The molecule has 0 saturated heterocycles. The van der Waals surface area contributed by atoms with Gasteiger partial charge in [-0.25, -0.2) is 8.42 Å². The van der Waals surface area contributed by atoms with Crippen molar-refractivity contribution in [2.24, 2.45) is 4.99 Å². The van der Waals surface area contributed by atoms with Crippen molar-refractivity contribution in [2.75, 3.05) is 16.6 Å². The maximum atomic E-state index is 12.7. The number of aromatic amines is 1. The molecule has 2 heterocycles. The van der Waals surface area contributed by atoms with Crippen LogP contribution in [0.5, 0.6) is 0 Å². The first-order valence-electron chi connectivity index (χ1n) is 9.65. The number of nitrogens with one attached hydrogen (secondary N) is 3. The molecule has 154 valence electrons. The molecule has 1 aromatic heterocycles. The van der Waals surface area contributed by atoms with Crippen molar-refractivity contribution < 1.29 is 13.2 Å². The van der Waals surface area contributed by atoms with E-state index in [1.54, 1.807) is 36.4 Å². The summed E-state index contributed by atoms with van der Waals surface area (Å²) in [6.07, 6.45) is 0. The van der Waals surface area contributed by atoms with E-state index in [1.165, 1.54) is 12.1 Å². The van der Waals surface area contributed by atoms with E-state index in [9.17, 15) is 13.2 Å². The number of fused-ring (bicyclic) bond motifs is 3. The second-order valence-corrected chi connectivity index (χ2v) is 8.82. The van der Waals surface area contributed by atoms with E-state index < -0.39 is 10.0 Å². The van der Waals surface area contributed by atoms with Crippen LogP contribution in [0.25, 0.3) is 10.9 Å². The van der Waals surface area contributed by atoms with Crippen LogP contribution in [0.15, 0.2) is 88.8 Å². The Bertz CT molecular complexity index is 1440. The highest BCUT2D eigenvalue weighted by molar-refractivity contribution is 7.92. The molecule has 0 radical (unpaired) electrons. The van der Waals surface area contributed by atoms with E-state index in [0.29, 0.717) is 28.3 Å². The van der Waals surface area contributed by atoms with Crippen LogP contribution < -0.4 is 10.0 Å². The van der Waals surface area contributed by atoms with Gasteiger partial charge in [-0.2, -0.15) is 0 Å². The molecule has 1 amide bonds. The van der Waals surface area contributed by atoms with Crippen molar-refractivity contribution in [1.29, 1.82) is 0 Å². The van der Waals surface area contributed by atoms with Crippen molar-refractivity contribution >= 4 is 43.9 Å². The molecule has 1 aliphatic rings. The molecule has 1 aliphatic heterocycles. The number of H-pyrrole nitrogens is 1. The molecule has 0 unspecified atom stereocenters. The molecule has 7 nitrogen and oxygen atoms in total. The van der Waals surface area contributed by atoms with E-state index in [1.807, 2.05) is 30.3 Å². The van der Waals surface area contributed by atoms with Gasteiger partial charge in [0.2, 0.25) is 5.91 Å². The monoisotopic (exact) mass is 430 g/mol. The van der Waals surface area contributed by atoms with Crippen molar-refractivity contribution in [3.8, 4) is 0 Å². The second kappa shape index (κ2) is 7.41. The predicted molar refractivity (Wildman–Crippen MR) is 121 cm³/mol. The fourth-order valence-electron chi connectivity index (χ4n) is 3.64. The first-order chi connectivity index (χ1) is 15.0. The molecule has 8 heteroatoms. The molecule has 0 fully saturated rings. The van der Waals surface area contributed by atoms with Gasteiger partial charge in [-0.3, -0.25) is 14.5 Å². The molecule has 0 saturated carbocycles. The molecule has 0 spiro atoms. The highest BCUT2D eigenvalue weighted by atomic mass is 32.2. The second-order valence-electron chi connectivity index (χ2n) is 7.13. The number of hydrogen-bond donors (Lipinski definition) is 3. The summed E-state index contributed by atoms with van der Waals surface area (Å²) in [6.45, 7) is -0.0217. The van der Waals surface area contributed by atoms with E-state index in [-0.39, 0.29) is 17.3 Å². The van der Waals surface area contributed by atoms with Crippen LogP contribution in [0.1, 0.15) is 11.3 Å². The van der Waals surface area contributed by atoms with Gasteiger partial charge >= 0.3 is 0 Å². The minimum atomic E-state index is -3.72. The maximum Gasteiger partial charge on any atom is 0.261 e. The molecule has 0 bridgehead atoms. The van der Waals surface area contributed by atoms with E-state index >= 15 is 0 Å². The van der Waals surface area contributed by atoms with Crippen molar-refractivity contribution in [2.45, 2.75) is 4.90 Å². The molecular formula is C23H18N4O3S. The number of amides is 1. The van der Waals surface area contributed by atoms with E-state index in [4.69, 9.17) is 0 Å². The third-order valence-electron chi connectivity index (χ3n) is 5.03. The van der Waals surface area contributed by atoms with Gasteiger partial charge in [0.25, 0.3) is 10.0 Å². The molecule has 5 rings (SSSR count). The largest absolute Gasteiger partial charge is 0.351 e. The molecule has 31 heavy (non-hydrogen) atoms. The Kier molecular flexibility index (Phi) is 4.56. The van der Waals surface area contributed by atoms with Crippen molar-refractivity contribution in [3.63, 3.8) is 0 Å². The number of carbonyl (C=O) groups excluding carboxylic acids is 1. The van der Waals surface area contributed by atoms with Gasteiger partial charge < -0.3 is 10.3 Å². The number of aromatic nitrogens is 1. The van der Waals surface area contributed by atoms with Crippen LogP contribution in [-0.4, -0.2) is 31.6 Å². The Morgan fingerprint density at radius 3 is 2.52 bits per heavy atom. The summed E-state index contributed by atoms with van der Waals surface area (Å²) in [5.74, 6) is -0.207. The van der Waals surface area contributed by atoms with Gasteiger partial charge in [0.1, 0.15) is 6.54 Å². The Morgan fingerprint density at radius 2 is 1.68 bits per heavy atom. The zero-order valence-electron chi connectivity index (χ0n) is 16.3. The highest BCUT2D eigenvalue weighted by Crippen LogP contribution is 2.31. The van der Waals surface area contributed by atoms with Gasteiger partial charge in [-0.1, -0.05) is 48.5 Å². The Morgan fingerprint density at radius 1 is 0.903 bits per heavy atom. The summed E-state index contributed by atoms with van der Waals surface area (Å²) in [5.41, 5.74) is 3.93. The predicted octanol–water partition coefficient (Wildman–Crippen LogP) is 3.76. The van der Waals surface area contributed by atoms with Crippen LogP contribution in [0, 0.1) is 0 Å². The van der Waals surface area contributed by atoms with Crippen LogP contribution >= 0.6 is 0 Å². The fourth-order valence-corrected chi connectivity index (χ4v) is 4.71. The summed E-state index contributed by atoms with van der Waals surface area (Å²) >= 11 is 0. The van der Waals surface area contributed by atoms with Gasteiger partial charge in [0, 0.05) is 22.2 Å². The summed E-state index contributed by atoms with van der Waals surface area (Å²) in [5, 5.41) is 3.81. The lowest BCUT2D eigenvalue weighted by molar-refractivity contribution is -0.114. The highest BCUT2D eigenvalue weighted by Gasteiger charge is 2.23. The topological polar surface area (TPSA) is 103 Å². The van der Waals surface area contributed by atoms with Gasteiger partial charge in [0.15, 0.2) is 0 Å². The number of carbonyl (C=O) groups is 1. The SMILES string of the molecule is O=C1CN=C(c2cccc(NS(=O)(=O)c3ccccc3)c2)c2[nH]c3ccccc3c2N1. The van der Waals surface area contributed by atoms with Gasteiger partial charge in [-0.15, -0.1) is 0 Å². The van der Waals surface area contributed by atoms with Crippen LogP contribution in [0.4, 0.5) is 11.4 Å². The third kappa shape index (κ3) is 3.57. The summed E-state index contributed by atoms with van der Waals surface area (Å²) < 4.78 is 28.0. The average Bonchev–Trinajstić information content (AvgIpc) is 3.04. The first kappa shape index (κ1) is 19.1. The molecule has 0 atom stereocenters. The number of nitrogens with zero attached hydrogens (tertiary/aromatic N) is 1. The number of para-hydroxylation sites is 1. The summed E-state index contributed by atoms with van der Waals surface area (Å²) in [4.78, 5) is 20.3. The standard InChI is InChI=1S/C23H18N4O3S/c28-20-14-24-21(23-22(26-20)18-11-4-5-12-19(18)25-23)15-7-6-8-16(13-15)27-31(29,30)17-9-2-1-3-10-17/h1-13,25,27H,14H2,(H,26,28). The Hall–Kier alpha value is -3.91. The third-order valence-corrected chi connectivity index (χ3v) is 6.43. The number of hydrogen-bond acceptors (Lipinski definition) is 4. The molecule has 4 aromatic rings. The smallest absolute Gasteiger partial charge is 0.261 e. The quantitative estimate of drug-likeness (QED) is 0.459. The molecule has 3 aromatic carbocycles. The normalized spacial score (nSPS) is 13.8. The molecular weight excluding hydrogens is 412 g/mol. The first-order valence-corrected chi connectivity index (χ1v) is 11.1. The lowest BCUT2D eigenvalue weighted by Crippen LogP contribution is -2.13. The number of aliphatic imine (C=N–C) groups is 1. The number of sulfonamides is 1. The van der Waals surface area contributed by atoms with E-state index in [0.717, 1.165) is 10.9 Å². The number of anilines is 2. The summed E-state index contributed by atoms with van der Waals surface area (Å²) in [6, 6.07) is 22.8. The Labute approximate surface area is 178 Å².